The van der Waals surface area contributed by atoms with E-state index in [1.165, 1.54) is 5.56 Å². The van der Waals surface area contributed by atoms with Gasteiger partial charge in [-0.05, 0) is 42.8 Å². The first-order chi connectivity index (χ1) is 15.1. The maximum atomic E-state index is 13.0. The number of aryl methyl sites for hydroxylation is 1. The molecule has 2 aromatic carbocycles. The highest BCUT2D eigenvalue weighted by molar-refractivity contribution is 5.94. The summed E-state index contributed by atoms with van der Waals surface area (Å²) in [5.41, 5.74) is 3.51. The van der Waals surface area contributed by atoms with E-state index in [4.69, 9.17) is 10.00 Å². The van der Waals surface area contributed by atoms with Crippen molar-refractivity contribution in [1.82, 2.24) is 9.88 Å². The standard InChI is InChI=1S/C25H24N4O2/c1-19-4-2-5-21(14-19)18-31-23-7-3-6-22(16-23)25(30)29-12-10-28(11-13-29)24-15-20(17-26)8-9-27-24/h2-9,14-16H,10-13,18H2,1H3. The lowest BCUT2D eigenvalue weighted by Crippen LogP contribution is -2.49. The van der Waals surface area contributed by atoms with E-state index in [2.05, 4.69) is 35.0 Å². The second kappa shape index (κ2) is 9.31. The number of carbonyl (C=O) groups excluding carboxylic acids is 1. The Morgan fingerprint density at radius 3 is 2.65 bits per heavy atom. The van der Waals surface area contributed by atoms with Gasteiger partial charge in [-0.1, -0.05) is 35.9 Å². The molecule has 0 saturated carbocycles. The summed E-state index contributed by atoms with van der Waals surface area (Å²) in [6.45, 7) is 5.08. The Bertz CT molecular complexity index is 1110. The topological polar surface area (TPSA) is 69.5 Å². The summed E-state index contributed by atoms with van der Waals surface area (Å²) in [5, 5.41) is 9.08. The van der Waals surface area contributed by atoms with Crippen LogP contribution >= 0.6 is 0 Å². The summed E-state index contributed by atoms with van der Waals surface area (Å²) >= 11 is 0. The quantitative estimate of drug-likeness (QED) is 0.638. The number of nitriles is 1. The van der Waals surface area contributed by atoms with Crippen molar-refractivity contribution >= 4 is 11.7 Å². The Hall–Kier alpha value is -3.85. The van der Waals surface area contributed by atoms with Gasteiger partial charge in [0.05, 0.1) is 11.6 Å². The van der Waals surface area contributed by atoms with E-state index in [0.29, 0.717) is 49.7 Å². The minimum atomic E-state index is -0.000565. The molecule has 1 aromatic heterocycles. The van der Waals surface area contributed by atoms with E-state index in [0.717, 1.165) is 11.4 Å². The highest BCUT2D eigenvalue weighted by atomic mass is 16.5. The van der Waals surface area contributed by atoms with Crippen LogP contribution in [0.15, 0.2) is 66.9 Å². The van der Waals surface area contributed by atoms with Crippen molar-refractivity contribution in [3.63, 3.8) is 0 Å². The van der Waals surface area contributed by atoms with E-state index < -0.39 is 0 Å². The van der Waals surface area contributed by atoms with Gasteiger partial charge in [0.25, 0.3) is 5.91 Å². The molecule has 0 spiro atoms. The first-order valence-corrected chi connectivity index (χ1v) is 10.3. The number of hydrogen-bond acceptors (Lipinski definition) is 5. The van der Waals surface area contributed by atoms with Gasteiger partial charge >= 0.3 is 0 Å². The predicted octanol–water partition coefficient (Wildman–Crippen LogP) is 3.80. The third-order valence-corrected chi connectivity index (χ3v) is 5.33. The number of ether oxygens (including phenoxy) is 1. The number of carbonyl (C=O) groups is 1. The molecule has 1 saturated heterocycles. The molecule has 6 nitrogen and oxygen atoms in total. The summed E-state index contributed by atoms with van der Waals surface area (Å²) < 4.78 is 5.91. The second-order valence-corrected chi connectivity index (χ2v) is 7.60. The molecule has 2 heterocycles. The smallest absolute Gasteiger partial charge is 0.254 e. The molecule has 0 radical (unpaired) electrons. The fourth-order valence-electron chi connectivity index (χ4n) is 3.67. The van der Waals surface area contributed by atoms with Crippen LogP contribution in [0.2, 0.25) is 0 Å². The highest BCUT2D eigenvalue weighted by Gasteiger charge is 2.23. The molecule has 0 aliphatic carbocycles. The van der Waals surface area contributed by atoms with Crippen LogP contribution < -0.4 is 9.64 Å². The SMILES string of the molecule is Cc1cccc(COc2cccc(C(=O)N3CCN(c4cc(C#N)ccn4)CC3)c2)c1. The van der Waals surface area contributed by atoms with Crippen LogP contribution in [0.4, 0.5) is 5.82 Å². The number of piperazine rings is 1. The molecular formula is C25H24N4O2. The number of pyridine rings is 1. The molecule has 0 unspecified atom stereocenters. The maximum Gasteiger partial charge on any atom is 0.254 e. The third-order valence-electron chi connectivity index (χ3n) is 5.33. The zero-order valence-corrected chi connectivity index (χ0v) is 17.5. The van der Waals surface area contributed by atoms with E-state index in [1.54, 1.807) is 18.3 Å². The first kappa shape index (κ1) is 20.4. The lowest BCUT2D eigenvalue weighted by molar-refractivity contribution is 0.0746. The Kier molecular flexibility index (Phi) is 6.13. The van der Waals surface area contributed by atoms with Crippen molar-refractivity contribution in [2.75, 3.05) is 31.1 Å². The number of amides is 1. The minimum Gasteiger partial charge on any atom is -0.489 e. The molecule has 1 aliphatic rings. The van der Waals surface area contributed by atoms with Crippen LogP contribution in [0.1, 0.15) is 27.0 Å². The molecular weight excluding hydrogens is 388 g/mol. The average molecular weight is 412 g/mol. The molecule has 0 bridgehead atoms. The van der Waals surface area contributed by atoms with Gasteiger partial charge in [0.15, 0.2) is 0 Å². The molecule has 31 heavy (non-hydrogen) atoms. The number of nitrogens with zero attached hydrogens (tertiary/aromatic N) is 4. The number of anilines is 1. The fourth-order valence-corrected chi connectivity index (χ4v) is 3.67. The van der Waals surface area contributed by atoms with Crippen molar-refractivity contribution < 1.29 is 9.53 Å². The van der Waals surface area contributed by atoms with Gasteiger partial charge in [-0.2, -0.15) is 5.26 Å². The molecule has 1 amide bonds. The van der Waals surface area contributed by atoms with Gasteiger partial charge < -0.3 is 14.5 Å². The maximum absolute atomic E-state index is 13.0. The summed E-state index contributed by atoms with van der Waals surface area (Å²) in [6, 6.07) is 21.2. The summed E-state index contributed by atoms with van der Waals surface area (Å²) in [4.78, 5) is 21.3. The minimum absolute atomic E-state index is 0.000565. The first-order valence-electron chi connectivity index (χ1n) is 10.3. The molecule has 3 aromatic rings. The van der Waals surface area contributed by atoms with Crippen LogP contribution in [0.3, 0.4) is 0 Å². The molecule has 1 aliphatic heterocycles. The van der Waals surface area contributed by atoms with Crippen LogP contribution in [0.5, 0.6) is 5.75 Å². The average Bonchev–Trinajstić information content (AvgIpc) is 2.83. The number of aromatic nitrogens is 1. The number of benzene rings is 2. The third kappa shape index (κ3) is 5.01. The lowest BCUT2D eigenvalue weighted by Gasteiger charge is -2.35. The van der Waals surface area contributed by atoms with E-state index >= 15 is 0 Å². The van der Waals surface area contributed by atoms with Gasteiger partial charge in [0, 0.05) is 37.9 Å². The Morgan fingerprint density at radius 1 is 1.06 bits per heavy atom. The Balaban J connectivity index is 1.36. The van der Waals surface area contributed by atoms with Crippen molar-refractivity contribution in [2.24, 2.45) is 0 Å². The van der Waals surface area contributed by atoms with Crippen molar-refractivity contribution in [2.45, 2.75) is 13.5 Å². The number of hydrogen-bond donors (Lipinski definition) is 0. The van der Waals surface area contributed by atoms with Gasteiger partial charge in [-0.25, -0.2) is 4.98 Å². The van der Waals surface area contributed by atoms with E-state index in [-0.39, 0.29) is 5.91 Å². The predicted molar refractivity (Wildman–Crippen MR) is 119 cm³/mol. The summed E-state index contributed by atoms with van der Waals surface area (Å²) in [5.74, 6) is 1.46. The van der Waals surface area contributed by atoms with E-state index in [1.807, 2.05) is 41.3 Å². The summed E-state index contributed by atoms with van der Waals surface area (Å²) in [7, 11) is 0. The van der Waals surface area contributed by atoms with Gasteiger partial charge in [0.2, 0.25) is 0 Å². The van der Waals surface area contributed by atoms with Gasteiger partial charge in [-0.3, -0.25) is 4.79 Å². The molecule has 1 fully saturated rings. The highest BCUT2D eigenvalue weighted by Crippen LogP contribution is 2.19. The second-order valence-electron chi connectivity index (χ2n) is 7.60. The van der Waals surface area contributed by atoms with Crippen LogP contribution in [0.25, 0.3) is 0 Å². The van der Waals surface area contributed by atoms with Gasteiger partial charge in [-0.15, -0.1) is 0 Å². The normalized spacial score (nSPS) is 13.5. The van der Waals surface area contributed by atoms with Gasteiger partial charge in [0.1, 0.15) is 18.2 Å². The Morgan fingerprint density at radius 2 is 1.87 bits per heavy atom. The summed E-state index contributed by atoms with van der Waals surface area (Å²) in [6.07, 6.45) is 1.65. The molecule has 4 rings (SSSR count). The lowest BCUT2D eigenvalue weighted by atomic mass is 10.1. The largest absolute Gasteiger partial charge is 0.489 e. The molecule has 0 atom stereocenters. The van der Waals surface area contributed by atoms with Crippen molar-refractivity contribution in [1.29, 1.82) is 5.26 Å². The van der Waals surface area contributed by atoms with Crippen molar-refractivity contribution in [3.05, 3.63) is 89.1 Å². The fraction of sp³-hybridized carbons (Fsp3) is 0.240. The zero-order chi connectivity index (χ0) is 21.6. The molecule has 0 N–H and O–H groups in total. The van der Waals surface area contributed by atoms with Crippen molar-refractivity contribution in [3.8, 4) is 11.8 Å². The van der Waals surface area contributed by atoms with Crippen LogP contribution in [-0.2, 0) is 6.61 Å². The molecule has 156 valence electrons. The zero-order valence-electron chi connectivity index (χ0n) is 17.5. The number of rotatable bonds is 5. The van der Waals surface area contributed by atoms with Crippen LogP contribution in [-0.4, -0.2) is 42.0 Å². The van der Waals surface area contributed by atoms with Crippen LogP contribution in [0, 0.1) is 18.3 Å². The molecule has 6 heteroatoms. The van der Waals surface area contributed by atoms with E-state index in [9.17, 15) is 4.79 Å². The monoisotopic (exact) mass is 412 g/mol. The Labute approximate surface area is 182 Å².